The van der Waals surface area contributed by atoms with Crippen LogP contribution < -0.4 is 4.74 Å². The lowest BCUT2D eigenvalue weighted by atomic mass is 9.81. The summed E-state index contributed by atoms with van der Waals surface area (Å²) in [5, 5.41) is 12.2. The molecular weight excluding hydrogens is 428 g/mol. The number of carbonyl (C=O) groups excluding carboxylic acids is 1. The fraction of sp³-hybridized carbons (Fsp3) is 0.179. The van der Waals surface area contributed by atoms with Crippen molar-refractivity contribution in [3.8, 4) is 6.01 Å². The monoisotopic (exact) mass is 454 g/mol. The van der Waals surface area contributed by atoms with Crippen molar-refractivity contribution < 1.29 is 19.4 Å². The Morgan fingerprint density at radius 2 is 1.29 bits per heavy atom. The van der Waals surface area contributed by atoms with Crippen molar-refractivity contribution in [2.75, 3.05) is 0 Å². The highest BCUT2D eigenvalue weighted by Gasteiger charge is 2.48. The lowest BCUT2D eigenvalue weighted by Crippen LogP contribution is -2.50. The van der Waals surface area contributed by atoms with Crippen LogP contribution in [0.2, 0.25) is 0 Å². The van der Waals surface area contributed by atoms with Crippen LogP contribution >= 0.6 is 0 Å². The van der Waals surface area contributed by atoms with Crippen LogP contribution in [0.1, 0.15) is 28.1 Å². The standard InChI is InChI=1S/C28H26N2O4/c1-20-18-21(2)30-27(29-20)34-25(26(31)33-19-22-12-6-3-7-13-22)28(32,23-14-8-4-9-15-23)24-16-10-5-11-17-24/h3-18,25,32H,19H2,1-2H3. The third-order valence-corrected chi connectivity index (χ3v) is 5.43. The van der Waals surface area contributed by atoms with E-state index in [1.54, 1.807) is 54.6 Å². The van der Waals surface area contributed by atoms with Crippen molar-refractivity contribution in [2.24, 2.45) is 0 Å². The van der Waals surface area contributed by atoms with Gasteiger partial charge in [0.05, 0.1) is 0 Å². The van der Waals surface area contributed by atoms with E-state index in [0.717, 1.165) is 5.56 Å². The van der Waals surface area contributed by atoms with Crippen LogP contribution in [-0.2, 0) is 21.7 Å². The van der Waals surface area contributed by atoms with Gasteiger partial charge >= 0.3 is 12.0 Å². The predicted octanol–water partition coefficient (Wildman–Crippen LogP) is 4.52. The topological polar surface area (TPSA) is 81.5 Å². The minimum Gasteiger partial charge on any atom is -0.458 e. The van der Waals surface area contributed by atoms with Gasteiger partial charge in [-0.1, -0.05) is 91.0 Å². The number of hydrogen-bond acceptors (Lipinski definition) is 6. The number of benzene rings is 3. The number of aromatic nitrogens is 2. The number of ether oxygens (including phenoxy) is 2. The maximum absolute atomic E-state index is 13.5. The Balaban J connectivity index is 1.78. The minimum atomic E-state index is -1.86. The van der Waals surface area contributed by atoms with Crippen LogP contribution in [0.25, 0.3) is 0 Å². The van der Waals surface area contributed by atoms with Gasteiger partial charge in [0.15, 0.2) is 5.60 Å². The zero-order valence-corrected chi connectivity index (χ0v) is 19.1. The van der Waals surface area contributed by atoms with Gasteiger partial charge < -0.3 is 14.6 Å². The van der Waals surface area contributed by atoms with E-state index in [0.29, 0.717) is 22.5 Å². The molecule has 1 heterocycles. The van der Waals surface area contributed by atoms with Crippen LogP contribution in [-0.4, -0.2) is 27.1 Å². The molecule has 4 aromatic rings. The fourth-order valence-corrected chi connectivity index (χ4v) is 3.81. The lowest BCUT2D eigenvalue weighted by Gasteiger charge is -2.35. The first-order valence-corrected chi connectivity index (χ1v) is 11.0. The highest BCUT2D eigenvalue weighted by molar-refractivity contribution is 5.78. The molecule has 0 spiro atoms. The summed E-state index contributed by atoms with van der Waals surface area (Å²) in [4.78, 5) is 22.2. The molecule has 0 fully saturated rings. The molecule has 34 heavy (non-hydrogen) atoms. The van der Waals surface area contributed by atoms with Gasteiger partial charge in [0.1, 0.15) is 6.61 Å². The summed E-state index contributed by atoms with van der Waals surface area (Å²) >= 11 is 0. The smallest absolute Gasteiger partial charge is 0.351 e. The maximum Gasteiger partial charge on any atom is 0.351 e. The summed E-state index contributed by atoms with van der Waals surface area (Å²) in [5.41, 5.74) is 1.28. The van der Waals surface area contributed by atoms with Gasteiger partial charge in [-0.15, -0.1) is 0 Å². The van der Waals surface area contributed by atoms with E-state index in [9.17, 15) is 9.90 Å². The second kappa shape index (κ2) is 10.3. The molecule has 4 rings (SSSR count). The molecule has 0 saturated heterocycles. The molecule has 0 radical (unpaired) electrons. The quantitative estimate of drug-likeness (QED) is 0.394. The third-order valence-electron chi connectivity index (χ3n) is 5.43. The Morgan fingerprint density at radius 1 is 0.824 bits per heavy atom. The molecule has 6 heteroatoms. The zero-order chi connectivity index (χ0) is 24.0. The van der Waals surface area contributed by atoms with E-state index < -0.39 is 17.7 Å². The first-order chi connectivity index (χ1) is 16.5. The second-order valence-electron chi connectivity index (χ2n) is 8.02. The molecule has 1 N–H and O–H groups in total. The lowest BCUT2D eigenvalue weighted by molar-refractivity contribution is -0.165. The third kappa shape index (κ3) is 5.13. The van der Waals surface area contributed by atoms with E-state index >= 15 is 0 Å². The van der Waals surface area contributed by atoms with E-state index in [-0.39, 0.29) is 12.6 Å². The Labute approximate surface area is 198 Å². The fourth-order valence-electron chi connectivity index (χ4n) is 3.81. The van der Waals surface area contributed by atoms with Gasteiger partial charge in [-0.05, 0) is 36.6 Å². The normalized spacial score (nSPS) is 12.1. The SMILES string of the molecule is Cc1cc(C)nc(OC(C(=O)OCc2ccccc2)C(O)(c2ccccc2)c2ccccc2)n1. The van der Waals surface area contributed by atoms with Gasteiger partial charge in [-0.25, -0.2) is 14.8 Å². The largest absolute Gasteiger partial charge is 0.458 e. The predicted molar refractivity (Wildman–Crippen MR) is 128 cm³/mol. The molecule has 0 aliphatic carbocycles. The van der Waals surface area contributed by atoms with Crippen molar-refractivity contribution in [2.45, 2.75) is 32.2 Å². The van der Waals surface area contributed by atoms with Crippen molar-refractivity contribution in [1.29, 1.82) is 0 Å². The number of hydrogen-bond donors (Lipinski definition) is 1. The van der Waals surface area contributed by atoms with Crippen molar-refractivity contribution in [3.05, 3.63) is 125 Å². The molecule has 0 bridgehead atoms. The van der Waals surface area contributed by atoms with Crippen LogP contribution in [0.15, 0.2) is 97.1 Å². The summed E-state index contributed by atoms with van der Waals surface area (Å²) in [6.07, 6.45) is -1.47. The van der Waals surface area contributed by atoms with Gasteiger partial charge in [0, 0.05) is 11.4 Å². The van der Waals surface area contributed by atoms with Gasteiger partial charge in [0.2, 0.25) is 6.10 Å². The average Bonchev–Trinajstić information content (AvgIpc) is 2.86. The molecule has 6 nitrogen and oxygen atoms in total. The van der Waals surface area contributed by atoms with E-state index in [2.05, 4.69) is 9.97 Å². The molecule has 0 aliphatic rings. The van der Waals surface area contributed by atoms with Crippen LogP contribution in [0, 0.1) is 13.8 Å². The summed E-state index contributed by atoms with van der Waals surface area (Å²) in [6, 6.07) is 29.0. The Bertz CT molecular complexity index is 1170. The van der Waals surface area contributed by atoms with E-state index in [1.807, 2.05) is 56.3 Å². The summed E-state index contributed by atoms with van der Waals surface area (Å²) in [7, 11) is 0. The number of nitrogens with zero attached hydrogens (tertiary/aromatic N) is 2. The molecule has 0 saturated carbocycles. The maximum atomic E-state index is 13.5. The number of aryl methyl sites for hydroxylation is 2. The van der Waals surface area contributed by atoms with Gasteiger partial charge in [-0.3, -0.25) is 0 Å². The summed E-state index contributed by atoms with van der Waals surface area (Å²) in [5.74, 6) is -0.734. The average molecular weight is 455 g/mol. The summed E-state index contributed by atoms with van der Waals surface area (Å²) < 4.78 is 11.7. The molecular formula is C28H26N2O4. The molecule has 1 unspecified atom stereocenters. The van der Waals surface area contributed by atoms with Crippen LogP contribution in [0.5, 0.6) is 6.01 Å². The zero-order valence-electron chi connectivity index (χ0n) is 19.1. The number of aliphatic hydroxyl groups is 1. The molecule has 0 aliphatic heterocycles. The van der Waals surface area contributed by atoms with E-state index in [1.165, 1.54) is 0 Å². The van der Waals surface area contributed by atoms with Crippen LogP contribution in [0.3, 0.4) is 0 Å². The molecule has 0 amide bonds. The Hall–Kier alpha value is -4.03. The highest BCUT2D eigenvalue weighted by Crippen LogP contribution is 2.35. The first kappa shape index (κ1) is 23.1. The Morgan fingerprint density at radius 3 is 1.79 bits per heavy atom. The molecule has 1 atom stereocenters. The van der Waals surface area contributed by atoms with E-state index in [4.69, 9.17) is 9.47 Å². The summed E-state index contributed by atoms with van der Waals surface area (Å²) in [6.45, 7) is 3.66. The molecule has 1 aromatic heterocycles. The second-order valence-corrected chi connectivity index (χ2v) is 8.02. The van der Waals surface area contributed by atoms with Gasteiger partial charge in [0.25, 0.3) is 0 Å². The molecule has 3 aromatic carbocycles. The number of esters is 1. The highest BCUT2D eigenvalue weighted by atomic mass is 16.6. The van der Waals surface area contributed by atoms with Crippen molar-refractivity contribution in [1.82, 2.24) is 9.97 Å². The minimum absolute atomic E-state index is 0.00977. The first-order valence-electron chi connectivity index (χ1n) is 11.0. The molecule has 172 valence electrons. The number of rotatable bonds is 8. The van der Waals surface area contributed by atoms with Crippen molar-refractivity contribution >= 4 is 5.97 Å². The van der Waals surface area contributed by atoms with Gasteiger partial charge in [-0.2, -0.15) is 0 Å². The van der Waals surface area contributed by atoms with Crippen LogP contribution in [0.4, 0.5) is 0 Å². The van der Waals surface area contributed by atoms with Crippen molar-refractivity contribution in [3.63, 3.8) is 0 Å². The Kier molecular flexibility index (Phi) is 6.99. The number of carbonyl (C=O) groups is 1.